The summed E-state index contributed by atoms with van der Waals surface area (Å²) >= 11 is 2.04. The fraction of sp³-hybridized carbons (Fsp3) is 0.667. The summed E-state index contributed by atoms with van der Waals surface area (Å²) < 4.78 is 5.55. The average Bonchev–Trinajstić information content (AvgIpc) is 2.75. The smallest absolute Gasteiger partial charge is 0.105 e. The van der Waals surface area contributed by atoms with Gasteiger partial charge < -0.3 is 9.73 Å². The third-order valence-corrected chi connectivity index (χ3v) is 4.12. The molecule has 2 heterocycles. The maximum atomic E-state index is 5.55. The number of aryl methyl sites for hydroxylation is 2. The van der Waals surface area contributed by atoms with Gasteiger partial charge in [0.2, 0.25) is 0 Å². The van der Waals surface area contributed by atoms with Crippen LogP contribution >= 0.6 is 11.8 Å². The van der Waals surface area contributed by atoms with E-state index in [2.05, 4.69) is 18.3 Å². The zero-order valence-electron chi connectivity index (χ0n) is 9.67. The number of furan rings is 1. The predicted molar refractivity (Wildman–Crippen MR) is 65.5 cm³/mol. The summed E-state index contributed by atoms with van der Waals surface area (Å²) in [5, 5.41) is 3.67. The molecule has 1 aliphatic rings. The van der Waals surface area contributed by atoms with Crippen LogP contribution in [0, 0.1) is 13.8 Å². The van der Waals surface area contributed by atoms with E-state index >= 15 is 0 Å². The van der Waals surface area contributed by atoms with E-state index in [0.717, 1.165) is 11.5 Å². The fourth-order valence-electron chi connectivity index (χ4n) is 2.19. The van der Waals surface area contributed by atoms with Crippen molar-refractivity contribution in [3.8, 4) is 0 Å². The van der Waals surface area contributed by atoms with Gasteiger partial charge in [0.05, 0.1) is 0 Å². The molecule has 1 aromatic heterocycles. The Hall–Kier alpha value is -0.410. The van der Waals surface area contributed by atoms with E-state index in [-0.39, 0.29) is 0 Å². The molecule has 1 N–H and O–H groups in total. The monoisotopic (exact) mass is 225 g/mol. The summed E-state index contributed by atoms with van der Waals surface area (Å²) in [5.74, 6) is 4.61. The van der Waals surface area contributed by atoms with Gasteiger partial charge in [0.1, 0.15) is 11.5 Å². The SMILES string of the molecule is Cc1cc(C(C)NC2CCSC2)c(C)o1. The first kappa shape index (κ1) is 11.1. The largest absolute Gasteiger partial charge is 0.466 e. The molecule has 0 bridgehead atoms. The number of hydrogen-bond acceptors (Lipinski definition) is 3. The summed E-state index contributed by atoms with van der Waals surface area (Å²) in [5.41, 5.74) is 1.31. The first-order chi connectivity index (χ1) is 7.16. The van der Waals surface area contributed by atoms with E-state index in [9.17, 15) is 0 Å². The van der Waals surface area contributed by atoms with E-state index < -0.39 is 0 Å². The lowest BCUT2D eigenvalue weighted by Gasteiger charge is -2.18. The Morgan fingerprint density at radius 1 is 1.53 bits per heavy atom. The Labute approximate surface area is 95.8 Å². The number of hydrogen-bond donors (Lipinski definition) is 1. The molecular formula is C12H19NOS. The number of nitrogens with one attached hydrogen (secondary N) is 1. The molecule has 1 aliphatic heterocycles. The first-order valence-corrected chi connectivity index (χ1v) is 6.73. The summed E-state index contributed by atoms with van der Waals surface area (Å²) in [7, 11) is 0. The van der Waals surface area contributed by atoms with E-state index in [1.54, 1.807) is 0 Å². The third-order valence-electron chi connectivity index (χ3n) is 2.96. The molecule has 0 amide bonds. The Morgan fingerprint density at radius 3 is 2.87 bits per heavy atom. The van der Waals surface area contributed by atoms with Crippen molar-refractivity contribution < 1.29 is 4.42 Å². The van der Waals surface area contributed by atoms with Gasteiger partial charge >= 0.3 is 0 Å². The van der Waals surface area contributed by atoms with Crippen LogP contribution in [0.5, 0.6) is 0 Å². The van der Waals surface area contributed by atoms with E-state index in [4.69, 9.17) is 4.42 Å². The van der Waals surface area contributed by atoms with Gasteiger partial charge in [-0.2, -0.15) is 11.8 Å². The van der Waals surface area contributed by atoms with Gasteiger partial charge in [-0.05, 0) is 39.0 Å². The van der Waals surface area contributed by atoms with Gasteiger partial charge in [-0.15, -0.1) is 0 Å². The molecule has 15 heavy (non-hydrogen) atoms. The van der Waals surface area contributed by atoms with Crippen LogP contribution in [0.25, 0.3) is 0 Å². The van der Waals surface area contributed by atoms with Crippen LogP contribution in [-0.2, 0) is 0 Å². The second-order valence-corrected chi connectivity index (χ2v) is 5.47. The van der Waals surface area contributed by atoms with Crippen molar-refractivity contribution in [1.29, 1.82) is 0 Å². The molecular weight excluding hydrogens is 206 g/mol. The minimum Gasteiger partial charge on any atom is -0.466 e. The molecule has 1 saturated heterocycles. The van der Waals surface area contributed by atoms with Crippen LogP contribution in [0.4, 0.5) is 0 Å². The molecule has 0 spiro atoms. The molecule has 3 heteroatoms. The van der Waals surface area contributed by atoms with Crippen molar-refractivity contribution in [3.05, 3.63) is 23.2 Å². The van der Waals surface area contributed by atoms with Gasteiger partial charge in [0, 0.05) is 23.4 Å². The van der Waals surface area contributed by atoms with Crippen molar-refractivity contribution in [2.24, 2.45) is 0 Å². The van der Waals surface area contributed by atoms with Crippen LogP contribution in [0.2, 0.25) is 0 Å². The van der Waals surface area contributed by atoms with Crippen molar-refractivity contribution in [1.82, 2.24) is 5.32 Å². The molecule has 0 aliphatic carbocycles. The van der Waals surface area contributed by atoms with Gasteiger partial charge in [-0.25, -0.2) is 0 Å². The lowest BCUT2D eigenvalue weighted by Crippen LogP contribution is -2.31. The lowest BCUT2D eigenvalue weighted by molar-refractivity contribution is 0.465. The van der Waals surface area contributed by atoms with Gasteiger partial charge in [-0.1, -0.05) is 0 Å². The fourth-order valence-corrected chi connectivity index (χ4v) is 3.35. The summed E-state index contributed by atoms with van der Waals surface area (Å²) in [4.78, 5) is 0. The van der Waals surface area contributed by atoms with E-state index in [1.165, 1.54) is 23.5 Å². The highest BCUT2D eigenvalue weighted by Gasteiger charge is 2.20. The molecule has 84 valence electrons. The molecule has 2 nitrogen and oxygen atoms in total. The van der Waals surface area contributed by atoms with Gasteiger partial charge in [-0.3, -0.25) is 0 Å². The molecule has 1 aromatic rings. The summed E-state index contributed by atoms with van der Waals surface area (Å²) in [6, 6.07) is 3.24. The highest BCUT2D eigenvalue weighted by Crippen LogP contribution is 2.24. The van der Waals surface area contributed by atoms with Crippen LogP contribution < -0.4 is 5.32 Å². The predicted octanol–water partition coefficient (Wildman–Crippen LogP) is 3.05. The Balaban J connectivity index is 2.00. The maximum absolute atomic E-state index is 5.55. The van der Waals surface area contributed by atoms with Gasteiger partial charge in [0.25, 0.3) is 0 Å². The second kappa shape index (κ2) is 4.62. The van der Waals surface area contributed by atoms with Crippen LogP contribution in [-0.4, -0.2) is 17.5 Å². The molecule has 0 radical (unpaired) electrons. The van der Waals surface area contributed by atoms with Crippen molar-refractivity contribution >= 4 is 11.8 Å². The Kier molecular flexibility index (Phi) is 3.42. The van der Waals surface area contributed by atoms with Crippen molar-refractivity contribution in [2.75, 3.05) is 11.5 Å². The molecule has 2 atom stereocenters. The quantitative estimate of drug-likeness (QED) is 0.856. The standard InChI is InChI=1S/C12H19NOS/c1-8-6-12(10(3)14-8)9(2)13-11-4-5-15-7-11/h6,9,11,13H,4-5,7H2,1-3H3. The summed E-state index contributed by atoms with van der Waals surface area (Å²) in [6.45, 7) is 6.28. The van der Waals surface area contributed by atoms with Crippen LogP contribution in [0.15, 0.2) is 10.5 Å². The highest BCUT2D eigenvalue weighted by atomic mass is 32.2. The molecule has 2 rings (SSSR count). The second-order valence-electron chi connectivity index (χ2n) is 4.32. The van der Waals surface area contributed by atoms with E-state index in [0.29, 0.717) is 12.1 Å². The van der Waals surface area contributed by atoms with Gasteiger partial charge in [0.15, 0.2) is 0 Å². The topological polar surface area (TPSA) is 25.2 Å². The number of thioether (sulfide) groups is 1. The minimum absolute atomic E-state index is 0.408. The molecule has 2 unspecified atom stereocenters. The first-order valence-electron chi connectivity index (χ1n) is 5.57. The Morgan fingerprint density at radius 2 is 2.33 bits per heavy atom. The molecule has 0 saturated carbocycles. The zero-order chi connectivity index (χ0) is 10.8. The Bertz CT molecular complexity index is 328. The van der Waals surface area contributed by atoms with Crippen molar-refractivity contribution in [2.45, 2.75) is 39.3 Å². The van der Waals surface area contributed by atoms with Crippen LogP contribution in [0.3, 0.4) is 0 Å². The normalized spacial score (nSPS) is 23.3. The van der Waals surface area contributed by atoms with Crippen molar-refractivity contribution in [3.63, 3.8) is 0 Å². The highest BCUT2D eigenvalue weighted by molar-refractivity contribution is 7.99. The third kappa shape index (κ3) is 2.58. The lowest BCUT2D eigenvalue weighted by atomic mass is 10.1. The number of rotatable bonds is 3. The summed E-state index contributed by atoms with van der Waals surface area (Å²) in [6.07, 6.45) is 1.30. The molecule has 1 fully saturated rings. The average molecular weight is 225 g/mol. The van der Waals surface area contributed by atoms with Crippen LogP contribution in [0.1, 0.15) is 36.5 Å². The minimum atomic E-state index is 0.408. The molecule has 0 aromatic carbocycles. The maximum Gasteiger partial charge on any atom is 0.105 e. The van der Waals surface area contributed by atoms with E-state index in [1.807, 2.05) is 25.6 Å². The zero-order valence-corrected chi connectivity index (χ0v) is 10.5.